The van der Waals surface area contributed by atoms with E-state index in [9.17, 15) is 14.0 Å². The Kier molecular flexibility index (Phi) is 5.64. The minimum atomic E-state index is -0.857. The number of amides is 2. The van der Waals surface area contributed by atoms with Crippen LogP contribution in [0.15, 0.2) is 66.7 Å². The third-order valence-corrected chi connectivity index (χ3v) is 7.71. The van der Waals surface area contributed by atoms with Crippen LogP contribution in [0.4, 0.5) is 4.39 Å². The first-order valence-electron chi connectivity index (χ1n) is 11.0. The lowest BCUT2D eigenvalue weighted by Gasteiger charge is -2.54. The first-order valence-corrected chi connectivity index (χ1v) is 12.1. The molecule has 2 aliphatic rings. The van der Waals surface area contributed by atoms with Crippen LogP contribution < -0.4 is 5.32 Å². The monoisotopic (exact) mass is 448 g/mol. The van der Waals surface area contributed by atoms with Gasteiger partial charge in [-0.05, 0) is 58.4 Å². The molecule has 3 aromatic carbocycles. The molecule has 32 heavy (non-hydrogen) atoms. The molecule has 164 valence electrons. The number of benzene rings is 3. The van der Waals surface area contributed by atoms with Crippen molar-refractivity contribution in [2.75, 3.05) is 11.5 Å². The lowest BCUT2D eigenvalue weighted by molar-refractivity contribution is -0.166. The number of likely N-dealkylation sites (tertiary alicyclic amines) is 1. The van der Waals surface area contributed by atoms with Gasteiger partial charge >= 0.3 is 0 Å². The van der Waals surface area contributed by atoms with Crippen molar-refractivity contribution < 1.29 is 14.0 Å². The molecule has 0 aliphatic carbocycles. The van der Waals surface area contributed by atoms with E-state index < -0.39 is 5.54 Å². The van der Waals surface area contributed by atoms with Crippen molar-refractivity contribution in [1.29, 1.82) is 0 Å². The van der Waals surface area contributed by atoms with Gasteiger partial charge < -0.3 is 10.2 Å². The smallest absolute Gasteiger partial charge is 0.246 e. The van der Waals surface area contributed by atoms with Crippen LogP contribution in [0.1, 0.15) is 36.4 Å². The molecule has 6 heteroatoms. The highest BCUT2D eigenvalue weighted by atomic mass is 32.2. The van der Waals surface area contributed by atoms with Gasteiger partial charge in [0, 0.05) is 6.54 Å². The maximum atomic E-state index is 13.7. The lowest BCUT2D eigenvalue weighted by Crippen LogP contribution is -2.67. The van der Waals surface area contributed by atoms with Crippen LogP contribution in [0.2, 0.25) is 0 Å². The maximum Gasteiger partial charge on any atom is 0.246 e. The van der Waals surface area contributed by atoms with Crippen molar-refractivity contribution in [1.82, 2.24) is 10.2 Å². The molecule has 2 fully saturated rings. The van der Waals surface area contributed by atoms with Gasteiger partial charge in [-0.15, -0.1) is 0 Å². The molecule has 0 saturated carbocycles. The highest BCUT2D eigenvalue weighted by Crippen LogP contribution is 2.46. The van der Waals surface area contributed by atoms with Crippen LogP contribution >= 0.6 is 11.8 Å². The number of rotatable bonds is 5. The van der Waals surface area contributed by atoms with E-state index in [0.717, 1.165) is 33.4 Å². The molecule has 2 heterocycles. The van der Waals surface area contributed by atoms with Crippen LogP contribution in [0.5, 0.6) is 0 Å². The average Bonchev–Trinajstić information content (AvgIpc) is 2.82. The van der Waals surface area contributed by atoms with Crippen molar-refractivity contribution >= 4 is 34.3 Å². The predicted octanol–water partition coefficient (Wildman–Crippen LogP) is 4.83. The Labute approximate surface area is 191 Å². The zero-order valence-electron chi connectivity index (χ0n) is 17.7. The molecule has 3 aromatic rings. The molecule has 1 atom stereocenters. The number of hydrogen-bond acceptors (Lipinski definition) is 3. The summed E-state index contributed by atoms with van der Waals surface area (Å²) in [5, 5.41) is 5.41. The fourth-order valence-corrected chi connectivity index (χ4v) is 6.15. The van der Waals surface area contributed by atoms with Crippen molar-refractivity contribution in [2.24, 2.45) is 0 Å². The zero-order chi connectivity index (χ0) is 22.1. The van der Waals surface area contributed by atoms with Crippen molar-refractivity contribution in [3.63, 3.8) is 0 Å². The van der Waals surface area contributed by atoms with Crippen LogP contribution in [-0.2, 0) is 16.1 Å². The Hall–Kier alpha value is -2.86. The molecule has 4 nitrogen and oxygen atoms in total. The molecule has 0 spiro atoms. The Balaban J connectivity index is 1.41. The second-order valence-corrected chi connectivity index (χ2v) is 9.72. The predicted molar refractivity (Wildman–Crippen MR) is 126 cm³/mol. The molecule has 1 N–H and O–H groups in total. The topological polar surface area (TPSA) is 49.4 Å². The maximum absolute atomic E-state index is 13.7. The minimum Gasteiger partial charge on any atom is -0.350 e. The molecular formula is C26H25FN2O2S. The van der Waals surface area contributed by atoms with Crippen molar-refractivity contribution in [2.45, 2.75) is 37.4 Å². The number of carbonyl (C=O) groups is 2. The van der Waals surface area contributed by atoms with Crippen LogP contribution in [0, 0.1) is 5.82 Å². The van der Waals surface area contributed by atoms with E-state index in [0.29, 0.717) is 25.8 Å². The summed E-state index contributed by atoms with van der Waals surface area (Å²) < 4.78 is 13.4. The quantitative estimate of drug-likeness (QED) is 0.569. The van der Waals surface area contributed by atoms with Gasteiger partial charge in [-0.2, -0.15) is 11.8 Å². The molecule has 1 unspecified atom stereocenters. The summed E-state index contributed by atoms with van der Waals surface area (Å²) in [7, 11) is 0. The molecule has 0 aromatic heterocycles. The van der Waals surface area contributed by atoms with Gasteiger partial charge in [0.2, 0.25) is 11.8 Å². The fourth-order valence-electron chi connectivity index (χ4n) is 4.98. The van der Waals surface area contributed by atoms with Gasteiger partial charge in [-0.3, -0.25) is 9.59 Å². The van der Waals surface area contributed by atoms with E-state index in [-0.39, 0.29) is 23.7 Å². The Morgan fingerprint density at radius 1 is 1.03 bits per heavy atom. The van der Waals surface area contributed by atoms with E-state index in [2.05, 4.69) is 23.5 Å². The van der Waals surface area contributed by atoms with Crippen LogP contribution in [0.3, 0.4) is 0 Å². The Morgan fingerprint density at radius 2 is 1.75 bits per heavy atom. The van der Waals surface area contributed by atoms with Crippen LogP contribution in [0.25, 0.3) is 10.8 Å². The summed E-state index contributed by atoms with van der Waals surface area (Å²) >= 11 is 1.82. The number of β-lactam (4-membered cyclic amide) rings is 1. The van der Waals surface area contributed by atoms with Gasteiger partial charge in [-0.1, -0.05) is 54.6 Å². The van der Waals surface area contributed by atoms with Crippen molar-refractivity contribution in [3.8, 4) is 0 Å². The molecule has 2 amide bonds. The number of carbonyl (C=O) groups excluding carboxylic acids is 2. The van der Waals surface area contributed by atoms with E-state index in [1.54, 1.807) is 17.0 Å². The van der Waals surface area contributed by atoms with E-state index in [4.69, 9.17) is 0 Å². The summed E-state index contributed by atoms with van der Waals surface area (Å²) in [6, 6.07) is 20.3. The number of halogens is 1. The highest BCUT2D eigenvalue weighted by molar-refractivity contribution is 7.99. The summed E-state index contributed by atoms with van der Waals surface area (Å²) in [4.78, 5) is 28.2. The first kappa shape index (κ1) is 21.0. The summed E-state index contributed by atoms with van der Waals surface area (Å²) in [6.45, 7) is 0.415. The van der Waals surface area contributed by atoms with Gasteiger partial charge in [0.05, 0.1) is 12.5 Å². The Bertz CT molecular complexity index is 1150. The summed E-state index contributed by atoms with van der Waals surface area (Å²) in [6.07, 6.45) is 1.61. The number of nitrogens with zero attached hydrogens (tertiary/aromatic N) is 1. The van der Waals surface area contributed by atoms with E-state index in [1.807, 2.05) is 36.0 Å². The first-order chi connectivity index (χ1) is 15.6. The van der Waals surface area contributed by atoms with Gasteiger partial charge in [0.1, 0.15) is 11.4 Å². The second-order valence-electron chi connectivity index (χ2n) is 8.50. The minimum absolute atomic E-state index is 0.00784. The molecular weight excluding hydrogens is 423 g/mol. The largest absolute Gasteiger partial charge is 0.350 e. The highest BCUT2D eigenvalue weighted by Gasteiger charge is 2.54. The molecule has 2 saturated heterocycles. The zero-order valence-corrected chi connectivity index (χ0v) is 18.5. The number of hydrogen-bond donors (Lipinski definition) is 1. The molecule has 5 rings (SSSR count). The number of nitrogens with one attached hydrogen (secondary N) is 1. The van der Waals surface area contributed by atoms with Gasteiger partial charge in [-0.25, -0.2) is 4.39 Å². The molecule has 2 aliphatic heterocycles. The van der Waals surface area contributed by atoms with Gasteiger partial charge in [0.25, 0.3) is 0 Å². The standard InChI is InChI=1S/C26H25FN2O2S/c27-21-10-8-19(9-11-21)23-16-24(30)29(23)26(12-14-32-15-13-26)25(31)28-17-20-6-3-5-18-4-1-2-7-22(18)20/h1-11,23H,12-17H2,(H,28,31). The van der Waals surface area contributed by atoms with E-state index in [1.165, 1.54) is 12.1 Å². The average molecular weight is 449 g/mol. The summed E-state index contributed by atoms with van der Waals surface area (Å²) in [5.74, 6) is 1.27. The molecule has 0 bridgehead atoms. The summed E-state index contributed by atoms with van der Waals surface area (Å²) in [5.41, 5.74) is 1.08. The Morgan fingerprint density at radius 3 is 2.50 bits per heavy atom. The third-order valence-electron chi connectivity index (χ3n) is 6.73. The van der Waals surface area contributed by atoms with Crippen molar-refractivity contribution in [3.05, 3.63) is 83.7 Å². The van der Waals surface area contributed by atoms with Crippen LogP contribution in [-0.4, -0.2) is 33.8 Å². The fraction of sp³-hybridized carbons (Fsp3) is 0.308. The normalized spacial score (nSPS) is 20.1. The second kappa shape index (κ2) is 8.58. The number of fused-ring (bicyclic) bond motifs is 1. The third kappa shape index (κ3) is 3.66. The molecule has 0 radical (unpaired) electrons. The van der Waals surface area contributed by atoms with Gasteiger partial charge in [0.15, 0.2) is 0 Å². The number of thioether (sulfide) groups is 1. The SMILES string of the molecule is O=C1CC(c2ccc(F)cc2)N1C1(C(=O)NCc2cccc3ccccc23)CCSCC1. The van der Waals surface area contributed by atoms with E-state index >= 15 is 0 Å². The lowest BCUT2D eigenvalue weighted by atomic mass is 9.80.